The largest absolute Gasteiger partial charge is 0.476 e. The highest BCUT2D eigenvalue weighted by Crippen LogP contribution is 2.12. The van der Waals surface area contributed by atoms with Crippen LogP contribution in [0, 0.1) is 0 Å². The van der Waals surface area contributed by atoms with Gasteiger partial charge >= 0.3 is 5.97 Å². The van der Waals surface area contributed by atoms with Crippen molar-refractivity contribution in [3.8, 4) is 0 Å². The molecular weight excluding hydrogens is 248 g/mol. The van der Waals surface area contributed by atoms with E-state index in [0.717, 1.165) is 11.3 Å². The van der Waals surface area contributed by atoms with Crippen molar-refractivity contribution in [3.63, 3.8) is 0 Å². The predicted octanol–water partition coefficient (Wildman–Crippen LogP) is 0.841. The maximum Gasteiger partial charge on any atom is 0.360 e. The molecule has 17 heavy (non-hydrogen) atoms. The number of nitrogens with two attached hydrogens (primary N) is 1. The van der Waals surface area contributed by atoms with Gasteiger partial charge in [-0.25, -0.2) is 9.78 Å². The standard InChI is InChI=1S/C7H8N6O3S/c8-7-11-4(3-17-7)5(6(14)15)12-16-2-1-10-13-9/h3H,1-2H2,(H2,8,11)(H,14,15). The lowest BCUT2D eigenvalue weighted by Crippen LogP contribution is -2.16. The number of carbonyl (C=O) groups is 1. The number of oxime groups is 1. The van der Waals surface area contributed by atoms with Crippen LogP contribution >= 0.6 is 11.3 Å². The predicted molar refractivity (Wildman–Crippen MR) is 60.7 cm³/mol. The number of carboxylic acids is 1. The summed E-state index contributed by atoms with van der Waals surface area (Å²) in [5, 5.41) is 17.2. The molecule has 0 radical (unpaired) electrons. The first-order valence-electron chi connectivity index (χ1n) is 4.30. The van der Waals surface area contributed by atoms with Gasteiger partial charge in [-0.3, -0.25) is 0 Å². The molecule has 1 rings (SSSR count). The lowest BCUT2D eigenvalue weighted by molar-refractivity contribution is -0.129. The minimum Gasteiger partial charge on any atom is -0.476 e. The van der Waals surface area contributed by atoms with Crippen LogP contribution in [0.3, 0.4) is 0 Å². The Morgan fingerprint density at radius 3 is 3.06 bits per heavy atom. The first kappa shape index (κ1) is 12.7. The Morgan fingerprint density at radius 1 is 1.76 bits per heavy atom. The third-order valence-electron chi connectivity index (χ3n) is 1.47. The number of carboxylic acid groups (broad SMARTS) is 1. The van der Waals surface area contributed by atoms with Gasteiger partial charge in [0.15, 0.2) is 5.13 Å². The van der Waals surface area contributed by atoms with E-state index in [1.54, 1.807) is 0 Å². The Morgan fingerprint density at radius 2 is 2.53 bits per heavy atom. The van der Waals surface area contributed by atoms with E-state index >= 15 is 0 Å². The van der Waals surface area contributed by atoms with E-state index in [1.165, 1.54) is 5.38 Å². The number of thiazole rings is 1. The Bertz CT molecular complexity index is 478. The number of nitrogen functional groups attached to an aromatic ring is 1. The molecule has 1 aromatic heterocycles. The molecule has 0 atom stereocenters. The van der Waals surface area contributed by atoms with E-state index in [2.05, 4.69) is 25.0 Å². The summed E-state index contributed by atoms with van der Waals surface area (Å²) in [4.78, 5) is 21.8. The van der Waals surface area contributed by atoms with E-state index in [9.17, 15) is 4.79 Å². The molecule has 10 heteroatoms. The van der Waals surface area contributed by atoms with Crippen molar-refractivity contribution in [1.82, 2.24) is 4.98 Å². The zero-order valence-electron chi connectivity index (χ0n) is 8.48. The van der Waals surface area contributed by atoms with Crippen LogP contribution in [-0.2, 0) is 9.63 Å². The topological polar surface area (TPSA) is 147 Å². The second-order valence-electron chi connectivity index (χ2n) is 2.60. The number of aromatic nitrogens is 1. The maximum atomic E-state index is 10.9. The van der Waals surface area contributed by atoms with Crippen molar-refractivity contribution in [2.24, 2.45) is 10.3 Å². The fourth-order valence-corrected chi connectivity index (χ4v) is 1.38. The van der Waals surface area contributed by atoms with Gasteiger partial charge < -0.3 is 15.7 Å². The molecular formula is C7H8N6O3S. The summed E-state index contributed by atoms with van der Waals surface area (Å²) >= 11 is 1.10. The van der Waals surface area contributed by atoms with Gasteiger partial charge in [-0.05, 0) is 5.53 Å². The quantitative estimate of drug-likeness (QED) is 0.193. The van der Waals surface area contributed by atoms with Gasteiger partial charge in [-0.15, -0.1) is 11.3 Å². The van der Waals surface area contributed by atoms with E-state index in [1.807, 2.05) is 0 Å². The molecule has 0 aromatic carbocycles. The number of aliphatic carboxylic acids is 1. The molecule has 0 aliphatic heterocycles. The molecule has 0 aliphatic rings. The van der Waals surface area contributed by atoms with Crippen LogP contribution in [0.15, 0.2) is 15.7 Å². The Balaban J connectivity index is 2.69. The second kappa shape index (κ2) is 6.30. The molecule has 0 aliphatic carbocycles. The summed E-state index contributed by atoms with van der Waals surface area (Å²) in [5.41, 5.74) is 13.1. The van der Waals surface area contributed by atoms with Crippen molar-refractivity contribution >= 4 is 28.1 Å². The van der Waals surface area contributed by atoms with E-state index in [0.29, 0.717) is 0 Å². The van der Waals surface area contributed by atoms with Gasteiger partial charge in [0.2, 0.25) is 5.71 Å². The molecule has 9 nitrogen and oxygen atoms in total. The van der Waals surface area contributed by atoms with Crippen molar-refractivity contribution in [2.45, 2.75) is 0 Å². The SMILES string of the molecule is [N-]=[N+]=NCCON=C(C(=O)O)c1csc(N)n1. The minimum atomic E-state index is -1.28. The molecule has 90 valence electrons. The molecule has 0 fully saturated rings. The smallest absolute Gasteiger partial charge is 0.360 e. The third-order valence-corrected chi connectivity index (χ3v) is 2.14. The van der Waals surface area contributed by atoms with Gasteiger partial charge in [0.05, 0.1) is 6.54 Å². The van der Waals surface area contributed by atoms with Crippen molar-refractivity contribution in [1.29, 1.82) is 0 Å². The first-order chi connectivity index (χ1) is 8.15. The van der Waals surface area contributed by atoms with Crippen molar-refractivity contribution in [3.05, 3.63) is 21.5 Å². The number of hydrogen-bond donors (Lipinski definition) is 2. The Labute approximate surface area is 99.1 Å². The van der Waals surface area contributed by atoms with Crippen molar-refractivity contribution < 1.29 is 14.7 Å². The van der Waals surface area contributed by atoms with Gasteiger partial charge in [0.25, 0.3) is 0 Å². The normalized spacial score (nSPS) is 10.7. The molecule has 0 unspecified atom stereocenters. The van der Waals surface area contributed by atoms with Gasteiger partial charge in [-0.2, -0.15) is 0 Å². The summed E-state index contributed by atoms with van der Waals surface area (Å²) in [6.07, 6.45) is 0. The average molecular weight is 256 g/mol. The number of rotatable bonds is 6. The van der Waals surface area contributed by atoms with Crippen molar-refractivity contribution in [2.75, 3.05) is 18.9 Å². The van der Waals surface area contributed by atoms with Gasteiger partial charge in [0, 0.05) is 10.3 Å². The van der Waals surface area contributed by atoms with Gasteiger partial charge in [0.1, 0.15) is 12.3 Å². The van der Waals surface area contributed by atoms with Crippen LogP contribution in [0.4, 0.5) is 5.13 Å². The number of nitrogens with zero attached hydrogens (tertiary/aromatic N) is 5. The molecule has 1 heterocycles. The second-order valence-corrected chi connectivity index (χ2v) is 3.49. The fraction of sp³-hybridized carbons (Fsp3) is 0.286. The summed E-state index contributed by atoms with van der Waals surface area (Å²) in [5.74, 6) is -1.28. The molecule has 0 saturated carbocycles. The monoisotopic (exact) mass is 256 g/mol. The Hall–Kier alpha value is -2.32. The molecule has 0 spiro atoms. The number of anilines is 1. The summed E-state index contributed by atoms with van der Waals surface area (Å²) in [6.45, 7) is 0.0482. The summed E-state index contributed by atoms with van der Waals surface area (Å²) in [6, 6.07) is 0. The average Bonchev–Trinajstić information content (AvgIpc) is 2.69. The molecule has 3 N–H and O–H groups in total. The maximum absolute atomic E-state index is 10.9. The summed E-state index contributed by atoms with van der Waals surface area (Å²) < 4.78 is 0. The number of azide groups is 1. The molecule has 0 saturated heterocycles. The molecule has 0 bridgehead atoms. The fourth-order valence-electron chi connectivity index (χ4n) is 0.828. The van der Waals surface area contributed by atoms with Crippen LogP contribution in [0.1, 0.15) is 5.69 Å². The van der Waals surface area contributed by atoms with Crippen LogP contribution in [-0.4, -0.2) is 34.9 Å². The highest BCUT2D eigenvalue weighted by molar-refractivity contribution is 7.13. The first-order valence-corrected chi connectivity index (χ1v) is 5.18. The van der Waals surface area contributed by atoms with Crippen LogP contribution < -0.4 is 5.73 Å². The Kier molecular flexibility index (Phi) is 4.73. The van der Waals surface area contributed by atoms with E-state index < -0.39 is 5.97 Å². The zero-order valence-corrected chi connectivity index (χ0v) is 9.29. The van der Waals surface area contributed by atoms with Gasteiger partial charge in [-0.1, -0.05) is 10.3 Å². The van der Waals surface area contributed by atoms with Crippen LogP contribution in [0.5, 0.6) is 0 Å². The highest BCUT2D eigenvalue weighted by Gasteiger charge is 2.16. The van der Waals surface area contributed by atoms with E-state index in [4.69, 9.17) is 16.4 Å². The minimum absolute atomic E-state index is 0.0134. The molecule has 0 amide bonds. The van der Waals surface area contributed by atoms with Crippen LogP contribution in [0.2, 0.25) is 0 Å². The third kappa shape index (κ3) is 3.97. The lowest BCUT2D eigenvalue weighted by Gasteiger charge is -1.98. The lowest BCUT2D eigenvalue weighted by atomic mass is 10.3. The summed E-state index contributed by atoms with van der Waals surface area (Å²) in [7, 11) is 0. The van der Waals surface area contributed by atoms with Crippen LogP contribution in [0.25, 0.3) is 10.4 Å². The zero-order chi connectivity index (χ0) is 12.7. The van der Waals surface area contributed by atoms with E-state index in [-0.39, 0.29) is 29.7 Å². The molecule has 1 aromatic rings. The highest BCUT2D eigenvalue weighted by atomic mass is 32.1. The number of hydrogen-bond acceptors (Lipinski definition) is 7.